The van der Waals surface area contributed by atoms with Crippen LogP contribution in [0.5, 0.6) is 0 Å². The lowest BCUT2D eigenvalue weighted by molar-refractivity contribution is -0.308. The number of aliphatic hydroxyl groups is 3. The second kappa shape index (κ2) is 12.0. The van der Waals surface area contributed by atoms with Crippen LogP contribution in [0.25, 0.3) is 0 Å². The van der Waals surface area contributed by atoms with E-state index in [1.807, 2.05) is 121 Å². The van der Waals surface area contributed by atoms with Gasteiger partial charge in [0, 0.05) is 0 Å². The van der Waals surface area contributed by atoms with E-state index < -0.39 is 36.3 Å². The molecule has 0 aromatic heterocycles. The minimum absolute atomic E-state index is 0.0746. The highest BCUT2D eigenvalue weighted by Gasteiger charge is 2.46. The van der Waals surface area contributed by atoms with Gasteiger partial charge in [0.2, 0.25) is 0 Å². The molecule has 0 aliphatic carbocycles. The van der Waals surface area contributed by atoms with E-state index in [0.717, 1.165) is 22.3 Å². The highest BCUT2D eigenvalue weighted by Crippen LogP contribution is 2.41. The van der Waals surface area contributed by atoms with Crippen molar-refractivity contribution in [2.75, 3.05) is 6.61 Å². The first-order valence-electron chi connectivity index (χ1n) is 12.8. The summed E-state index contributed by atoms with van der Waals surface area (Å²) in [5.74, 6) is 0. The van der Waals surface area contributed by atoms with Crippen LogP contribution in [-0.2, 0) is 26.4 Å². The van der Waals surface area contributed by atoms with Crippen LogP contribution in [-0.4, -0.2) is 52.6 Å². The molecule has 0 spiro atoms. The second-order valence-corrected chi connectivity index (χ2v) is 9.40. The number of hydrogen-bond acceptors (Lipinski definition) is 6. The third-order valence-electron chi connectivity index (χ3n) is 6.93. The van der Waals surface area contributed by atoms with Gasteiger partial charge >= 0.3 is 0 Å². The van der Waals surface area contributed by atoms with E-state index in [2.05, 4.69) is 0 Å². The molecule has 38 heavy (non-hydrogen) atoms. The third-order valence-corrected chi connectivity index (χ3v) is 6.93. The van der Waals surface area contributed by atoms with Crippen molar-refractivity contribution in [3.8, 4) is 0 Å². The Morgan fingerprint density at radius 2 is 1.03 bits per heavy atom. The molecule has 0 bridgehead atoms. The average molecular weight is 513 g/mol. The molecule has 5 rings (SSSR count). The fourth-order valence-electron chi connectivity index (χ4n) is 4.92. The Morgan fingerprint density at radius 3 is 1.50 bits per heavy atom. The summed E-state index contributed by atoms with van der Waals surface area (Å²) in [5.41, 5.74) is 2.59. The van der Waals surface area contributed by atoms with Gasteiger partial charge in [-0.15, -0.1) is 0 Å². The van der Waals surface area contributed by atoms with Crippen molar-refractivity contribution in [3.05, 3.63) is 144 Å². The van der Waals surface area contributed by atoms with Crippen molar-refractivity contribution in [2.24, 2.45) is 0 Å². The lowest BCUT2D eigenvalue weighted by Gasteiger charge is -2.42. The van der Waals surface area contributed by atoms with E-state index in [1.165, 1.54) is 0 Å². The van der Waals surface area contributed by atoms with Crippen molar-refractivity contribution in [1.29, 1.82) is 0 Å². The summed E-state index contributed by atoms with van der Waals surface area (Å²) in [4.78, 5) is 0. The quantitative estimate of drug-likeness (QED) is 0.294. The topological polar surface area (TPSA) is 88.4 Å². The van der Waals surface area contributed by atoms with Crippen molar-refractivity contribution >= 4 is 0 Å². The number of hydrogen-bond donors (Lipinski definition) is 3. The molecule has 0 radical (unpaired) electrons. The molecular formula is C32H32O6. The molecule has 0 unspecified atom stereocenters. The zero-order chi connectivity index (χ0) is 26.4. The summed E-state index contributed by atoms with van der Waals surface area (Å²) >= 11 is 0. The smallest absolute Gasteiger partial charge is 0.187 e. The van der Waals surface area contributed by atoms with Crippen molar-refractivity contribution in [3.63, 3.8) is 0 Å². The van der Waals surface area contributed by atoms with Gasteiger partial charge in [-0.2, -0.15) is 0 Å². The van der Waals surface area contributed by atoms with E-state index in [-0.39, 0.29) is 13.2 Å². The number of benzene rings is 4. The average Bonchev–Trinajstić information content (AvgIpc) is 2.99. The van der Waals surface area contributed by atoms with Gasteiger partial charge in [-0.25, -0.2) is 0 Å². The normalized spacial score (nSPS) is 23.7. The molecule has 0 amide bonds. The molecule has 196 valence electrons. The van der Waals surface area contributed by atoms with Gasteiger partial charge in [0.05, 0.1) is 13.2 Å². The zero-order valence-electron chi connectivity index (χ0n) is 20.9. The Balaban J connectivity index is 1.45. The first kappa shape index (κ1) is 26.3. The maximum Gasteiger partial charge on any atom is 0.187 e. The van der Waals surface area contributed by atoms with Gasteiger partial charge < -0.3 is 29.5 Å². The van der Waals surface area contributed by atoms with E-state index in [1.54, 1.807) is 0 Å². The lowest BCUT2D eigenvalue weighted by atomic mass is 9.80. The molecule has 5 atom stereocenters. The van der Waals surface area contributed by atoms with Gasteiger partial charge in [0.15, 0.2) is 6.29 Å². The summed E-state index contributed by atoms with van der Waals surface area (Å²) in [5, 5.41) is 32.1. The summed E-state index contributed by atoms with van der Waals surface area (Å²) < 4.78 is 18.6. The van der Waals surface area contributed by atoms with Crippen LogP contribution < -0.4 is 0 Å². The van der Waals surface area contributed by atoms with Crippen LogP contribution in [0.1, 0.15) is 22.3 Å². The Kier molecular flexibility index (Phi) is 8.29. The first-order chi connectivity index (χ1) is 18.6. The van der Waals surface area contributed by atoms with Crippen LogP contribution in [0, 0.1) is 0 Å². The molecule has 3 N–H and O–H groups in total. The van der Waals surface area contributed by atoms with Gasteiger partial charge in [0.25, 0.3) is 0 Å². The van der Waals surface area contributed by atoms with Crippen LogP contribution in [0.15, 0.2) is 121 Å². The largest absolute Gasteiger partial charge is 0.387 e. The minimum Gasteiger partial charge on any atom is -0.387 e. The Labute approximate surface area is 222 Å². The standard InChI is InChI=1S/C32H32O6/c33-28-27(38-31(30(35)29(28)34)36-21-23-13-5-1-6-14-23)22-37-32(24-15-7-2-8-16-24,25-17-9-3-10-18-25)26-19-11-4-12-20-26/h1-20,27-31,33-35H,21-22H2/t27-,28-,29+,30+,31+/m1/s1. The van der Waals surface area contributed by atoms with Crippen LogP contribution >= 0.6 is 0 Å². The van der Waals surface area contributed by atoms with Gasteiger partial charge in [-0.3, -0.25) is 0 Å². The molecule has 1 fully saturated rings. The van der Waals surface area contributed by atoms with E-state index in [0.29, 0.717) is 0 Å². The van der Waals surface area contributed by atoms with Gasteiger partial charge in [-0.1, -0.05) is 121 Å². The van der Waals surface area contributed by atoms with Crippen LogP contribution in [0.3, 0.4) is 0 Å². The Hall–Kier alpha value is -3.36. The first-order valence-corrected chi connectivity index (χ1v) is 12.8. The molecule has 1 heterocycles. The summed E-state index contributed by atoms with van der Waals surface area (Å²) in [7, 11) is 0. The highest BCUT2D eigenvalue weighted by atomic mass is 16.7. The summed E-state index contributed by atoms with van der Waals surface area (Å²) in [6.45, 7) is 0.107. The van der Waals surface area contributed by atoms with Crippen molar-refractivity contribution in [2.45, 2.75) is 42.9 Å². The molecule has 1 aliphatic heterocycles. The molecule has 6 nitrogen and oxygen atoms in total. The molecular weight excluding hydrogens is 480 g/mol. The number of rotatable bonds is 9. The van der Waals surface area contributed by atoms with E-state index >= 15 is 0 Å². The fraction of sp³-hybridized carbons (Fsp3) is 0.250. The predicted octanol–water partition coefficient (Wildman–Crippen LogP) is 4.02. The zero-order valence-corrected chi connectivity index (χ0v) is 20.9. The molecule has 4 aromatic carbocycles. The molecule has 6 heteroatoms. The molecule has 4 aromatic rings. The second-order valence-electron chi connectivity index (χ2n) is 9.40. The predicted molar refractivity (Wildman–Crippen MR) is 143 cm³/mol. The Bertz CT molecular complexity index is 1160. The minimum atomic E-state index is -1.46. The van der Waals surface area contributed by atoms with Gasteiger partial charge in [-0.05, 0) is 22.3 Å². The summed E-state index contributed by atoms with van der Waals surface area (Å²) in [6.07, 6.45) is -6.34. The van der Waals surface area contributed by atoms with Crippen molar-refractivity contribution < 1.29 is 29.5 Å². The number of aliphatic hydroxyl groups excluding tert-OH is 3. The maximum atomic E-state index is 10.8. The van der Waals surface area contributed by atoms with Crippen molar-refractivity contribution in [1.82, 2.24) is 0 Å². The fourth-order valence-corrected chi connectivity index (χ4v) is 4.92. The Morgan fingerprint density at radius 1 is 0.579 bits per heavy atom. The third kappa shape index (κ3) is 5.42. The van der Waals surface area contributed by atoms with E-state index in [9.17, 15) is 15.3 Å². The lowest BCUT2D eigenvalue weighted by Crippen LogP contribution is -2.59. The van der Waals surface area contributed by atoms with Crippen LogP contribution in [0.2, 0.25) is 0 Å². The highest BCUT2D eigenvalue weighted by molar-refractivity contribution is 5.47. The summed E-state index contributed by atoms with van der Waals surface area (Å²) in [6, 6.07) is 39.1. The van der Waals surface area contributed by atoms with E-state index in [4.69, 9.17) is 14.2 Å². The van der Waals surface area contributed by atoms with Crippen LogP contribution in [0.4, 0.5) is 0 Å². The SMILES string of the molecule is O[C@@H]1[C@H](O)[C@@H](OCc2ccccc2)O[C@H](COC(c2ccccc2)(c2ccccc2)c2ccccc2)[C@H]1O. The molecule has 0 saturated carbocycles. The number of ether oxygens (including phenoxy) is 3. The maximum absolute atomic E-state index is 10.8. The molecule has 1 aliphatic rings. The monoisotopic (exact) mass is 512 g/mol. The molecule has 1 saturated heterocycles. The van der Waals surface area contributed by atoms with Gasteiger partial charge in [0.1, 0.15) is 30.0 Å².